The van der Waals surface area contributed by atoms with Crippen LogP contribution in [-0.2, 0) is 9.53 Å². The first-order chi connectivity index (χ1) is 11.0. The molecule has 7 heteroatoms. The number of pyridine rings is 1. The zero-order chi connectivity index (χ0) is 16.9. The monoisotopic (exact) mass is 317 g/mol. The number of nitrogens with zero attached hydrogens (tertiary/aromatic N) is 3. The molecule has 1 saturated carbocycles. The Labute approximate surface area is 134 Å². The Bertz CT molecular complexity index is 615. The number of nitriles is 1. The second-order valence-corrected chi connectivity index (χ2v) is 5.68. The van der Waals surface area contributed by atoms with E-state index in [9.17, 15) is 20.1 Å². The molecule has 1 aliphatic rings. The van der Waals surface area contributed by atoms with E-state index < -0.39 is 24.0 Å². The minimum Gasteiger partial charge on any atom is -0.619 e. The van der Waals surface area contributed by atoms with Gasteiger partial charge in [-0.15, -0.1) is 0 Å². The van der Waals surface area contributed by atoms with Crippen molar-refractivity contribution in [3.05, 3.63) is 35.3 Å². The summed E-state index contributed by atoms with van der Waals surface area (Å²) in [6.07, 6.45) is 6.51. The molecule has 0 aromatic carbocycles. The lowest BCUT2D eigenvalue weighted by Gasteiger charge is -2.38. The van der Waals surface area contributed by atoms with Crippen molar-refractivity contribution in [3.8, 4) is 6.07 Å². The zero-order valence-corrected chi connectivity index (χ0v) is 13.0. The molecular formula is C16H19N3O4. The van der Waals surface area contributed by atoms with Crippen LogP contribution in [0.4, 0.5) is 0 Å². The Hall–Kier alpha value is -2.62. The standard InChI is InChI=1S/C16H19N3O4/c1-18(16(12-17)7-3-2-4-8-16)14(20)11-23-15(21)13-5-9-19(22)10-6-13/h5-6,9-10H,2-4,7-8,11H2,1H3. The van der Waals surface area contributed by atoms with Crippen molar-refractivity contribution in [2.45, 2.75) is 37.6 Å². The Balaban J connectivity index is 1.94. The molecule has 1 fully saturated rings. The fourth-order valence-corrected chi connectivity index (χ4v) is 2.75. The van der Waals surface area contributed by atoms with Crippen LogP contribution in [0.1, 0.15) is 42.5 Å². The maximum Gasteiger partial charge on any atom is 0.339 e. The minimum atomic E-state index is -0.803. The van der Waals surface area contributed by atoms with Crippen LogP contribution in [0, 0.1) is 16.5 Å². The molecule has 1 amide bonds. The van der Waals surface area contributed by atoms with Gasteiger partial charge >= 0.3 is 5.97 Å². The van der Waals surface area contributed by atoms with Crippen molar-refractivity contribution in [3.63, 3.8) is 0 Å². The minimum absolute atomic E-state index is 0.195. The van der Waals surface area contributed by atoms with Gasteiger partial charge in [0.1, 0.15) is 5.54 Å². The second-order valence-electron chi connectivity index (χ2n) is 5.68. The fourth-order valence-electron chi connectivity index (χ4n) is 2.75. The molecule has 0 unspecified atom stereocenters. The topological polar surface area (TPSA) is 97.3 Å². The summed E-state index contributed by atoms with van der Waals surface area (Å²) in [5.41, 5.74) is -0.608. The molecule has 0 N–H and O–H groups in total. The van der Waals surface area contributed by atoms with E-state index in [4.69, 9.17) is 4.74 Å². The van der Waals surface area contributed by atoms with Crippen molar-refractivity contribution < 1.29 is 19.1 Å². The summed E-state index contributed by atoms with van der Waals surface area (Å²) in [6, 6.07) is 4.89. The van der Waals surface area contributed by atoms with Crippen molar-refractivity contribution in [1.82, 2.24) is 4.90 Å². The van der Waals surface area contributed by atoms with Crippen LogP contribution in [-0.4, -0.2) is 36.0 Å². The molecule has 0 bridgehead atoms. The molecule has 0 aliphatic heterocycles. The quantitative estimate of drug-likeness (QED) is 0.471. The maximum absolute atomic E-state index is 12.2. The van der Waals surface area contributed by atoms with Gasteiger partial charge in [0.15, 0.2) is 19.0 Å². The lowest BCUT2D eigenvalue weighted by Crippen LogP contribution is -2.51. The highest BCUT2D eigenvalue weighted by atomic mass is 16.5. The van der Waals surface area contributed by atoms with Crippen LogP contribution < -0.4 is 4.73 Å². The zero-order valence-electron chi connectivity index (χ0n) is 13.0. The van der Waals surface area contributed by atoms with Crippen LogP contribution >= 0.6 is 0 Å². The van der Waals surface area contributed by atoms with Gasteiger partial charge in [0, 0.05) is 19.2 Å². The Morgan fingerprint density at radius 2 is 1.96 bits per heavy atom. The number of ether oxygens (including phenoxy) is 1. The molecule has 1 aromatic rings. The van der Waals surface area contributed by atoms with E-state index >= 15 is 0 Å². The normalized spacial score (nSPS) is 16.2. The Morgan fingerprint density at radius 3 is 2.52 bits per heavy atom. The smallest absolute Gasteiger partial charge is 0.339 e. The number of carbonyl (C=O) groups excluding carboxylic acids is 2. The van der Waals surface area contributed by atoms with Gasteiger partial charge in [0.2, 0.25) is 0 Å². The molecule has 0 atom stereocenters. The van der Waals surface area contributed by atoms with Gasteiger partial charge < -0.3 is 14.8 Å². The maximum atomic E-state index is 12.2. The van der Waals surface area contributed by atoms with E-state index in [1.165, 1.54) is 29.4 Å². The van der Waals surface area contributed by atoms with Gasteiger partial charge in [0.25, 0.3) is 5.91 Å². The Kier molecular flexibility index (Phi) is 5.16. The second kappa shape index (κ2) is 7.09. The lowest BCUT2D eigenvalue weighted by molar-refractivity contribution is -0.605. The third-order valence-corrected chi connectivity index (χ3v) is 4.27. The summed E-state index contributed by atoms with van der Waals surface area (Å²) < 4.78 is 5.53. The summed E-state index contributed by atoms with van der Waals surface area (Å²) in [4.78, 5) is 25.5. The molecule has 1 aliphatic carbocycles. The van der Waals surface area contributed by atoms with Gasteiger partial charge in [0.05, 0.1) is 11.6 Å². The van der Waals surface area contributed by atoms with Crippen molar-refractivity contribution >= 4 is 11.9 Å². The Morgan fingerprint density at radius 1 is 1.35 bits per heavy atom. The number of hydrogen-bond donors (Lipinski definition) is 0. The predicted octanol–water partition coefficient (Wildman–Crippen LogP) is 1.16. The van der Waals surface area contributed by atoms with Gasteiger partial charge in [-0.1, -0.05) is 19.3 Å². The lowest BCUT2D eigenvalue weighted by atomic mass is 9.81. The molecule has 1 heterocycles. The number of rotatable bonds is 4. The van der Waals surface area contributed by atoms with Crippen LogP contribution in [0.15, 0.2) is 24.5 Å². The van der Waals surface area contributed by atoms with Crippen molar-refractivity contribution in [2.24, 2.45) is 0 Å². The average molecular weight is 317 g/mol. The number of esters is 1. The summed E-state index contributed by atoms with van der Waals surface area (Å²) in [5.74, 6) is -1.08. The third kappa shape index (κ3) is 3.77. The highest BCUT2D eigenvalue weighted by Gasteiger charge is 2.39. The third-order valence-electron chi connectivity index (χ3n) is 4.27. The van der Waals surface area contributed by atoms with Crippen molar-refractivity contribution in [2.75, 3.05) is 13.7 Å². The van der Waals surface area contributed by atoms with Gasteiger partial charge in [-0.2, -0.15) is 9.99 Å². The number of amides is 1. The highest BCUT2D eigenvalue weighted by molar-refractivity contribution is 5.91. The molecule has 122 valence electrons. The summed E-state index contributed by atoms with van der Waals surface area (Å²) in [6.45, 7) is -0.426. The average Bonchev–Trinajstić information content (AvgIpc) is 2.59. The first-order valence-corrected chi connectivity index (χ1v) is 7.52. The molecular weight excluding hydrogens is 298 g/mol. The first-order valence-electron chi connectivity index (χ1n) is 7.52. The van der Waals surface area contributed by atoms with E-state index in [1.807, 2.05) is 0 Å². The number of hydrogen-bond acceptors (Lipinski definition) is 5. The fraction of sp³-hybridized carbons (Fsp3) is 0.500. The molecule has 2 rings (SSSR count). The number of likely N-dealkylation sites (N-methyl/N-ethyl adjacent to an activating group) is 1. The number of aromatic nitrogens is 1. The van der Waals surface area contributed by atoms with E-state index in [0.717, 1.165) is 19.3 Å². The van der Waals surface area contributed by atoms with Crippen LogP contribution in [0.25, 0.3) is 0 Å². The largest absolute Gasteiger partial charge is 0.619 e. The summed E-state index contributed by atoms with van der Waals surface area (Å²) in [7, 11) is 1.58. The van der Waals surface area contributed by atoms with Crippen LogP contribution in [0.2, 0.25) is 0 Å². The van der Waals surface area contributed by atoms with Crippen molar-refractivity contribution in [1.29, 1.82) is 5.26 Å². The molecule has 0 spiro atoms. The van der Waals surface area contributed by atoms with Gasteiger partial charge in [-0.3, -0.25) is 4.79 Å². The first kappa shape index (κ1) is 16.7. The molecule has 23 heavy (non-hydrogen) atoms. The van der Waals surface area contributed by atoms with Crippen LogP contribution in [0.3, 0.4) is 0 Å². The summed E-state index contributed by atoms with van der Waals surface area (Å²) >= 11 is 0. The van der Waals surface area contributed by atoms with Crippen LogP contribution in [0.5, 0.6) is 0 Å². The van der Waals surface area contributed by atoms with E-state index in [1.54, 1.807) is 7.05 Å². The molecule has 0 saturated heterocycles. The number of carbonyl (C=O) groups is 2. The SMILES string of the molecule is CN(C(=O)COC(=O)c1cc[n+]([O-])cc1)C1(C#N)CCCCC1. The molecule has 7 nitrogen and oxygen atoms in total. The van der Waals surface area contributed by atoms with Gasteiger partial charge in [-0.25, -0.2) is 4.79 Å². The van der Waals surface area contributed by atoms with E-state index in [2.05, 4.69) is 6.07 Å². The van der Waals surface area contributed by atoms with E-state index in [0.29, 0.717) is 17.6 Å². The molecule has 0 radical (unpaired) electrons. The molecule has 1 aromatic heterocycles. The van der Waals surface area contributed by atoms with Gasteiger partial charge in [-0.05, 0) is 12.8 Å². The summed E-state index contributed by atoms with van der Waals surface area (Å²) in [5, 5.41) is 20.4. The van der Waals surface area contributed by atoms with E-state index in [-0.39, 0.29) is 5.56 Å². The predicted molar refractivity (Wildman–Crippen MR) is 79.9 cm³/mol. The highest BCUT2D eigenvalue weighted by Crippen LogP contribution is 2.32.